The Morgan fingerprint density at radius 2 is 1.84 bits per heavy atom. The van der Waals surface area contributed by atoms with E-state index in [1.54, 1.807) is 5.84 Å². The molecule has 1 aromatic rings. The van der Waals surface area contributed by atoms with Crippen molar-refractivity contribution >= 4 is 31.0 Å². The molecule has 102 valence electrons. The highest BCUT2D eigenvalue weighted by Gasteiger charge is 2.19. The van der Waals surface area contributed by atoms with E-state index in [-0.39, 0.29) is 17.1 Å². The number of nitro benzene ring substituents is 2. The van der Waals surface area contributed by atoms with Crippen LogP contribution in [0.2, 0.25) is 19.6 Å². The summed E-state index contributed by atoms with van der Waals surface area (Å²) in [5.41, 5.74) is 1.99. The lowest BCUT2D eigenvalue weighted by atomic mass is 10.2. The molecule has 1 rings (SSSR count). The summed E-state index contributed by atoms with van der Waals surface area (Å²) in [6.07, 6.45) is 0. The highest BCUT2D eigenvalue weighted by molar-refractivity contribution is 6.99. The zero-order valence-electron chi connectivity index (χ0n) is 10.8. The van der Waals surface area contributed by atoms with Gasteiger partial charge in [0.2, 0.25) is 0 Å². The third kappa shape index (κ3) is 4.47. The van der Waals surface area contributed by atoms with Gasteiger partial charge in [-0.2, -0.15) is 5.10 Å². The quantitative estimate of drug-likeness (QED) is 0.386. The fraction of sp³-hybridized carbons (Fsp3) is 0.300. The van der Waals surface area contributed by atoms with Gasteiger partial charge in [0.15, 0.2) is 0 Å². The van der Waals surface area contributed by atoms with Crippen LogP contribution >= 0.6 is 0 Å². The molecule has 0 aliphatic rings. The second-order valence-corrected chi connectivity index (χ2v) is 9.94. The minimum atomic E-state index is -1.52. The van der Waals surface area contributed by atoms with Gasteiger partial charge in [0.05, 0.1) is 24.0 Å². The monoisotopic (exact) mass is 282 g/mol. The Balaban J connectivity index is 3.04. The van der Waals surface area contributed by atoms with Crippen LogP contribution in [0.3, 0.4) is 0 Å². The maximum absolute atomic E-state index is 10.9. The van der Waals surface area contributed by atoms with Crippen molar-refractivity contribution in [2.24, 2.45) is 5.10 Å². The van der Waals surface area contributed by atoms with Crippen molar-refractivity contribution in [1.82, 2.24) is 0 Å². The van der Waals surface area contributed by atoms with E-state index in [0.29, 0.717) is 0 Å². The Bertz CT molecular complexity index is 539. The summed E-state index contributed by atoms with van der Waals surface area (Å²) in [5, 5.41) is 25.4. The van der Waals surface area contributed by atoms with Crippen molar-refractivity contribution in [1.29, 1.82) is 0 Å². The van der Waals surface area contributed by atoms with Gasteiger partial charge in [-0.15, -0.1) is 0 Å². The SMILES string of the molecule is C[Si](C)(C)/C=N/Nc1ccc([N+](=O)[O-])cc1[N+](=O)[O-]. The molecule has 1 N–H and O–H groups in total. The van der Waals surface area contributed by atoms with Crippen LogP contribution < -0.4 is 5.43 Å². The molecule has 8 nitrogen and oxygen atoms in total. The largest absolute Gasteiger partial charge is 0.301 e. The third-order valence-electron chi connectivity index (χ3n) is 2.03. The molecule has 0 aromatic heterocycles. The molecule has 0 aliphatic heterocycles. The van der Waals surface area contributed by atoms with Crippen LogP contribution in [-0.2, 0) is 0 Å². The number of non-ortho nitro benzene ring substituents is 1. The molecule has 0 saturated carbocycles. The van der Waals surface area contributed by atoms with Gasteiger partial charge in [-0.3, -0.25) is 25.7 Å². The van der Waals surface area contributed by atoms with Crippen LogP contribution in [0.15, 0.2) is 23.3 Å². The van der Waals surface area contributed by atoms with E-state index in [4.69, 9.17) is 0 Å². The van der Waals surface area contributed by atoms with Crippen molar-refractivity contribution in [3.63, 3.8) is 0 Å². The summed E-state index contributed by atoms with van der Waals surface area (Å²) in [7, 11) is -1.52. The summed E-state index contributed by atoms with van der Waals surface area (Å²) in [6.45, 7) is 6.17. The maximum Gasteiger partial charge on any atom is 0.301 e. The molecule has 0 atom stereocenters. The number of anilines is 1. The summed E-state index contributed by atoms with van der Waals surface area (Å²) in [5.74, 6) is 1.73. The van der Waals surface area contributed by atoms with E-state index in [1.807, 2.05) is 0 Å². The van der Waals surface area contributed by atoms with Gasteiger partial charge in [-0.1, -0.05) is 19.6 Å². The molecule has 0 aliphatic carbocycles. The van der Waals surface area contributed by atoms with Gasteiger partial charge < -0.3 is 0 Å². The molecule has 1 aromatic carbocycles. The number of rotatable bonds is 5. The number of nitrogens with zero attached hydrogens (tertiary/aromatic N) is 3. The molecule has 0 amide bonds. The minimum absolute atomic E-state index is 0.130. The molecular formula is C10H14N4O4Si. The Morgan fingerprint density at radius 1 is 1.21 bits per heavy atom. The number of hydrogen-bond donors (Lipinski definition) is 1. The molecule has 9 heteroatoms. The fourth-order valence-corrected chi connectivity index (χ4v) is 1.63. The zero-order chi connectivity index (χ0) is 14.6. The highest BCUT2D eigenvalue weighted by Crippen LogP contribution is 2.28. The average molecular weight is 282 g/mol. The predicted octanol–water partition coefficient (Wildman–Crippen LogP) is 2.78. The smallest absolute Gasteiger partial charge is 0.272 e. The van der Waals surface area contributed by atoms with Crippen molar-refractivity contribution in [3.8, 4) is 0 Å². The number of hydrazone groups is 1. The first-order chi connectivity index (χ1) is 8.70. The Kier molecular flexibility index (Phi) is 4.33. The Labute approximate surface area is 110 Å². The van der Waals surface area contributed by atoms with E-state index in [0.717, 1.165) is 6.07 Å². The zero-order valence-corrected chi connectivity index (χ0v) is 11.8. The first kappa shape index (κ1) is 14.8. The molecule has 0 unspecified atom stereocenters. The Morgan fingerprint density at radius 3 is 2.32 bits per heavy atom. The van der Waals surface area contributed by atoms with Crippen LogP contribution in [0, 0.1) is 20.2 Å². The summed E-state index contributed by atoms with van der Waals surface area (Å²) in [4.78, 5) is 20.1. The lowest BCUT2D eigenvalue weighted by Gasteiger charge is -2.07. The van der Waals surface area contributed by atoms with Gasteiger partial charge in [0.1, 0.15) is 5.69 Å². The summed E-state index contributed by atoms with van der Waals surface area (Å²) >= 11 is 0. The van der Waals surface area contributed by atoms with Gasteiger partial charge in [0.25, 0.3) is 5.69 Å². The molecule has 0 heterocycles. The van der Waals surface area contributed by atoms with Gasteiger partial charge in [-0.05, 0) is 6.07 Å². The molecule has 0 bridgehead atoms. The maximum atomic E-state index is 10.9. The van der Waals surface area contributed by atoms with E-state index in [9.17, 15) is 20.2 Å². The van der Waals surface area contributed by atoms with Crippen molar-refractivity contribution in [3.05, 3.63) is 38.4 Å². The normalized spacial score (nSPS) is 11.5. The number of nitrogens with one attached hydrogen (secondary N) is 1. The highest BCUT2D eigenvalue weighted by atomic mass is 28.3. The number of nitro groups is 2. The lowest BCUT2D eigenvalue weighted by molar-refractivity contribution is -0.393. The van der Waals surface area contributed by atoms with E-state index in [2.05, 4.69) is 30.2 Å². The summed E-state index contributed by atoms with van der Waals surface area (Å²) in [6, 6.07) is 3.38. The van der Waals surface area contributed by atoms with Crippen LogP contribution in [0.4, 0.5) is 17.1 Å². The van der Waals surface area contributed by atoms with Crippen LogP contribution in [-0.4, -0.2) is 23.8 Å². The average Bonchev–Trinajstić information content (AvgIpc) is 2.27. The fourth-order valence-electron chi connectivity index (χ4n) is 1.17. The number of hydrogen-bond acceptors (Lipinski definition) is 6. The van der Waals surface area contributed by atoms with Crippen molar-refractivity contribution < 1.29 is 9.85 Å². The third-order valence-corrected chi connectivity index (χ3v) is 2.93. The van der Waals surface area contributed by atoms with Crippen LogP contribution in [0.5, 0.6) is 0 Å². The molecule has 0 fully saturated rings. The first-order valence-corrected chi connectivity index (χ1v) is 9.01. The van der Waals surface area contributed by atoms with E-state index in [1.165, 1.54) is 12.1 Å². The lowest BCUT2D eigenvalue weighted by Crippen LogP contribution is -2.22. The molecule has 19 heavy (non-hydrogen) atoms. The van der Waals surface area contributed by atoms with Crippen molar-refractivity contribution in [2.75, 3.05) is 5.43 Å². The standard InChI is InChI=1S/C10H14N4O4Si/c1-19(2,3)7-11-12-9-5-4-8(13(15)16)6-10(9)14(17)18/h4-7,12H,1-3H3/b11-7+. The molecule has 0 saturated heterocycles. The molecule has 0 radical (unpaired) electrons. The summed E-state index contributed by atoms with van der Waals surface area (Å²) < 4.78 is 0. The molecule has 0 spiro atoms. The second kappa shape index (κ2) is 5.57. The van der Waals surface area contributed by atoms with Gasteiger partial charge in [-0.25, -0.2) is 0 Å². The van der Waals surface area contributed by atoms with Crippen LogP contribution in [0.25, 0.3) is 0 Å². The van der Waals surface area contributed by atoms with Gasteiger partial charge in [0, 0.05) is 11.9 Å². The minimum Gasteiger partial charge on any atom is -0.272 e. The number of benzene rings is 1. The predicted molar refractivity (Wildman–Crippen MR) is 75.2 cm³/mol. The second-order valence-electron chi connectivity index (χ2n) is 4.95. The van der Waals surface area contributed by atoms with E-state index < -0.39 is 17.9 Å². The topological polar surface area (TPSA) is 111 Å². The van der Waals surface area contributed by atoms with Gasteiger partial charge >= 0.3 is 5.69 Å². The first-order valence-electron chi connectivity index (χ1n) is 5.44. The van der Waals surface area contributed by atoms with Crippen LogP contribution in [0.1, 0.15) is 0 Å². The van der Waals surface area contributed by atoms with Crippen molar-refractivity contribution in [2.45, 2.75) is 19.6 Å². The van der Waals surface area contributed by atoms with E-state index >= 15 is 0 Å². The molecular weight excluding hydrogens is 268 g/mol. The Hall–Kier alpha value is -2.29.